The van der Waals surface area contributed by atoms with Crippen molar-refractivity contribution in [3.8, 4) is 0 Å². The van der Waals surface area contributed by atoms with E-state index in [2.05, 4.69) is 4.98 Å². The van der Waals surface area contributed by atoms with Gasteiger partial charge in [-0.1, -0.05) is 0 Å². The normalized spacial score (nSPS) is 24.6. The number of aromatic amines is 1. The van der Waals surface area contributed by atoms with Crippen molar-refractivity contribution in [2.24, 2.45) is 17.6 Å². The largest absolute Gasteiger partial charge is 0.366 e. The van der Waals surface area contributed by atoms with Crippen molar-refractivity contribution in [3.05, 3.63) is 18.5 Å². The number of carbonyl (C=O) groups excluding carboxylic acids is 1. The third kappa shape index (κ3) is 2.69. The fourth-order valence-electron chi connectivity index (χ4n) is 2.57. The van der Waals surface area contributed by atoms with E-state index in [0.29, 0.717) is 5.92 Å². The quantitative estimate of drug-likeness (QED) is 0.838. The van der Waals surface area contributed by atoms with E-state index in [1.54, 1.807) is 4.90 Å². The molecular weight excluding hydrogens is 214 g/mol. The Balaban J connectivity index is 1.93. The Labute approximate surface area is 102 Å². The highest BCUT2D eigenvalue weighted by Gasteiger charge is 2.28. The average molecular weight is 235 g/mol. The number of nitrogens with zero attached hydrogens (tertiary/aromatic N) is 1. The molecule has 0 aromatic carbocycles. The number of amides is 1. The molecule has 1 aromatic heterocycles. The lowest BCUT2D eigenvalue weighted by atomic mass is 9.81. The van der Waals surface area contributed by atoms with E-state index < -0.39 is 0 Å². The number of carbonyl (C=O) groups is 1. The van der Waals surface area contributed by atoms with Crippen LogP contribution in [0.25, 0.3) is 0 Å². The van der Waals surface area contributed by atoms with Crippen LogP contribution in [0.15, 0.2) is 18.5 Å². The van der Waals surface area contributed by atoms with Crippen molar-refractivity contribution in [2.45, 2.75) is 25.7 Å². The highest BCUT2D eigenvalue weighted by atomic mass is 16.2. The molecule has 0 saturated heterocycles. The molecule has 1 amide bonds. The first kappa shape index (κ1) is 12.2. The molecule has 4 nitrogen and oxygen atoms in total. The summed E-state index contributed by atoms with van der Waals surface area (Å²) in [5.74, 6) is 1.04. The summed E-state index contributed by atoms with van der Waals surface area (Å²) in [5.41, 5.74) is 6.60. The van der Waals surface area contributed by atoms with Crippen LogP contribution in [0.2, 0.25) is 0 Å². The van der Waals surface area contributed by atoms with Crippen molar-refractivity contribution < 1.29 is 4.79 Å². The molecular formula is C13H21N3O. The first-order valence-corrected chi connectivity index (χ1v) is 6.32. The summed E-state index contributed by atoms with van der Waals surface area (Å²) in [6, 6.07) is 1.92. The van der Waals surface area contributed by atoms with Crippen LogP contribution in [-0.2, 0) is 4.79 Å². The summed E-state index contributed by atoms with van der Waals surface area (Å²) in [6.07, 6.45) is 7.83. The lowest BCUT2D eigenvalue weighted by molar-refractivity contribution is -0.123. The topological polar surface area (TPSA) is 62.1 Å². The molecule has 0 radical (unpaired) electrons. The van der Waals surface area contributed by atoms with E-state index in [9.17, 15) is 4.79 Å². The van der Waals surface area contributed by atoms with Gasteiger partial charge in [0, 0.05) is 25.4 Å². The molecule has 1 heterocycles. The molecule has 1 fully saturated rings. The molecule has 4 heteroatoms. The summed E-state index contributed by atoms with van der Waals surface area (Å²) in [4.78, 5) is 17.0. The van der Waals surface area contributed by atoms with Gasteiger partial charge in [0.2, 0.25) is 5.91 Å². The summed E-state index contributed by atoms with van der Waals surface area (Å²) in [6.45, 7) is 0.758. The van der Waals surface area contributed by atoms with Gasteiger partial charge in [0.05, 0.1) is 5.69 Å². The summed E-state index contributed by atoms with van der Waals surface area (Å²) in [5, 5.41) is 0. The highest BCUT2D eigenvalue weighted by Crippen LogP contribution is 2.30. The van der Waals surface area contributed by atoms with E-state index in [-0.39, 0.29) is 11.8 Å². The van der Waals surface area contributed by atoms with Crippen molar-refractivity contribution in [3.63, 3.8) is 0 Å². The van der Waals surface area contributed by atoms with Gasteiger partial charge in [-0.3, -0.25) is 4.79 Å². The molecule has 2 rings (SSSR count). The molecule has 0 unspecified atom stereocenters. The Hall–Kier alpha value is -1.29. The smallest absolute Gasteiger partial charge is 0.229 e. The second kappa shape index (κ2) is 5.36. The zero-order valence-electron chi connectivity index (χ0n) is 10.4. The van der Waals surface area contributed by atoms with Gasteiger partial charge in [-0.2, -0.15) is 0 Å². The van der Waals surface area contributed by atoms with Crippen molar-refractivity contribution in [2.75, 3.05) is 18.5 Å². The van der Waals surface area contributed by atoms with Gasteiger partial charge >= 0.3 is 0 Å². The summed E-state index contributed by atoms with van der Waals surface area (Å²) >= 11 is 0. The van der Waals surface area contributed by atoms with Crippen molar-refractivity contribution in [1.82, 2.24) is 4.98 Å². The fraction of sp³-hybridized carbons (Fsp3) is 0.615. The first-order chi connectivity index (χ1) is 8.22. The zero-order chi connectivity index (χ0) is 12.3. The van der Waals surface area contributed by atoms with E-state index >= 15 is 0 Å². The van der Waals surface area contributed by atoms with Gasteiger partial charge in [-0.25, -0.2) is 0 Å². The molecule has 0 spiro atoms. The minimum Gasteiger partial charge on any atom is -0.366 e. The minimum atomic E-state index is 0.178. The van der Waals surface area contributed by atoms with Crippen LogP contribution in [0.1, 0.15) is 25.7 Å². The molecule has 0 atom stereocenters. The van der Waals surface area contributed by atoms with Crippen LogP contribution < -0.4 is 10.6 Å². The van der Waals surface area contributed by atoms with E-state index in [0.717, 1.165) is 37.9 Å². The van der Waals surface area contributed by atoms with Gasteiger partial charge in [0.1, 0.15) is 0 Å². The number of hydrogen-bond acceptors (Lipinski definition) is 2. The predicted molar refractivity (Wildman–Crippen MR) is 68.7 cm³/mol. The Kier molecular flexibility index (Phi) is 3.84. The number of anilines is 1. The Bertz CT molecular complexity index is 353. The fourth-order valence-corrected chi connectivity index (χ4v) is 2.57. The number of H-pyrrole nitrogens is 1. The number of nitrogens with two attached hydrogens (primary N) is 1. The Morgan fingerprint density at radius 2 is 2.18 bits per heavy atom. The van der Waals surface area contributed by atoms with Gasteiger partial charge in [-0.15, -0.1) is 0 Å². The van der Waals surface area contributed by atoms with E-state index in [4.69, 9.17) is 5.73 Å². The molecule has 1 aliphatic rings. The van der Waals surface area contributed by atoms with Crippen molar-refractivity contribution in [1.29, 1.82) is 0 Å². The molecule has 1 saturated carbocycles. The zero-order valence-corrected chi connectivity index (χ0v) is 10.4. The van der Waals surface area contributed by atoms with Gasteiger partial charge in [-0.05, 0) is 44.2 Å². The average Bonchev–Trinajstić information content (AvgIpc) is 2.91. The second-order valence-electron chi connectivity index (χ2n) is 4.92. The lowest BCUT2D eigenvalue weighted by Gasteiger charge is -2.29. The third-order valence-electron chi connectivity index (χ3n) is 3.83. The number of rotatable bonds is 3. The van der Waals surface area contributed by atoms with Crippen LogP contribution in [0.4, 0.5) is 5.69 Å². The predicted octanol–water partition coefficient (Wildman–Crippen LogP) is 1.74. The SMILES string of the molecule is CN(C(=O)C1CCC(CN)CC1)c1cc[nH]c1. The molecule has 1 aromatic rings. The second-order valence-corrected chi connectivity index (χ2v) is 4.92. The Morgan fingerprint density at radius 3 is 2.71 bits per heavy atom. The number of hydrogen-bond donors (Lipinski definition) is 2. The van der Waals surface area contributed by atoms with Crippen LogP contribution >= 0.6 is 0 Å². The maximum absolute atomic E-state index is 12.3. The maximum atomic E-state index is 12.3. The third-order valence-corrected chi connectivity index (χ3v) is 3.83. The van der Waals surface area contributed by atoms with Crippen LogP contribution in [0.5, 0.6) is 0 Å². The Morgan fingerprint density at radius 1 is 1.47 bits per heavy atom. The first-order valence-electron chi connectivity index (χ1n) is 6.32. The molecule has 0 bridgehead atoms. The monoisotopic (exact) mass is 235 g/mol. The lowest BCUT2D eigenvalue weighted by Crippen LogP contribution is -2.35. The molecule has 3 N–H and O–H groups in total. The molecule has 1 aliphatic carbocycles. The summed E-state index contributed by atoms with van der Waals surface area (Å²) in [7, 11) is 1.85. The van der Waals surface area contributed by atoms with Crippen LogP contribution in [0.3, 0.4) is 0 Å². The molecule has 94 valence electrons. The molecule has 17 heavy (non-hydrogen) atoms. The van der Waals surface area contributed by atoms with Gasteiger partial charge < -0.3 is 15.6 Å². The van der Waals surface area contributed by atoms with E-state index in [1.165, 1.54) is 0 Å². The number of aromatic nitrogens is 1. The van der Waals surface area contributed by atoms with Crippen LogP contribution in [0, 0.1) is 11.8 Å². The minimum absolute atomic E-state index is 0.178. The standard InChI is InChI=1S/C13H21N3O/c1-16(12-6-7-15-9-12)13(17)11-4-2-10(8-14)3-5-11/h6-7,9-11,15H,2-5,8,14H2,1H3. The van der Waals surface area contributed by atoms with Gasteiger partial charge in [0.15, 0.2) is 0 Å². The van der Waals surface area contributed by atoms with Crippen LogP contribution in [-0.4, -0.2) is 24.5 Å². The number of nitrogens with one attached hydrogen (secondary N) is 1. The highest BCUT2D eigenvalue weighted by molar-refractivity contribution is 5.94. The molecule has 0 aliphatic heterocycles. The van der Waals surface area contributed by atoms with Gasteiger partial charge in [0.25, 0.3) is 0 Å². The van der Waals surface area contributed by atoms with E-state index in [1.807, 2.05) is 25.5 Å². The maximum Gasteiger partial charge on any atom is 0.229 e. The summed E-state index contributed by atoms with van der Waals surface area (Å²) < 4.78 is 0. The van der Waals surface area contributed by atoms with Crippen molar-refractivity contribution >= 4 is 11.6 Å².